The molecule has 3 N–H and O–H groups in total. The molecule has 0 radical (unpaired) electrons. The Morgan fingerprint density at radius 2 is 1.33 bits per heavy atom. The number of benzene rings is 1. The highest BCUT2D eigenvalue weighted by Gasteiger charge is 2.31. The van der Waals surface area contributed by atoms with E-state index >= 15 is 0 Å². The maximum absolute atomic E-state index is 12.8. The second-order valence-electron chi connectivity index (χ2n) is 11.7. The number of carbonyl (C=O) groups is 4. The highest BCUT2D eigenvalue weighted by atomic mass is 16.7. The Morgan fingerprint density at radius 1 is 0.846 bits per heavy atom. The molecule has 0 aliphatic heterocycles. The van der Waals surface area contributed by atoms with Crippen LogP contribution in [0.3, 0.4) is 0 Å². The molecule has 0 saturated heterocycles. The zero-order chi connectivity index (χ0) is 30.2. The first-order valence-electron chi connectivity index (χ1n) is 13.3. The molecule has 0 spiro atoms. The third-order valence-electron chi connectivity index (χ3n) is 6.55. The molecule has 1 rings (SSSR count). The summed E-state index contributed by atoms with van der Waals surface area (Å²) in [7, 11) is 0. The van der Waals surface area contributed by atoms with Crippen molar-refractivity contribution in [3.63, 3.8) is 0 Å². The topological polar surface area (TPSA) is 151 Å². The van der Waals surface area contributed by atoms with Crippen molar-refractivity contribution < 1.29 is 43.2 Å². The second kappa shape index (κ2) is 14.3. The van der Waals surface area contributed by atoms with Gasteiger partial charge in [-0.2, -0.15) is 0 Å². The van der Waals surface area contributed by atoms with Gasteiger partial charge in [0.15, 0.2) is 11.5 Å². The molecule has 4 unspecified atom stereocenters. The predicted octanol–water partition coefficient (Wildman–Crippen LogP) is 5.31. The third kappa shape index (κ3) is 10.9. The van der Waals surface area contributed by atoms with Gasteiger partial charge in [0.25, 0.3) is 0 Å². The summed E-state index contributed by atoms with van der Waals surface area (Å²) in [5.74, 6) is -3.99. The van der Waals surface area contributed by atoms with Crippen LogP contribution in [0, 0.1) is 23.7 Å². The molecule has 1 aromatic rings. The average molecular weight is 552 g/mol. The molecule has 5 atom stereocenters. The first kappa shape index (κ1) is 33.9. The van der Waals surface area contributed by atoms with Gasteiger partial charge in [0, 0.05) is 5.92 Å². The van der Waals surface area contributed by atoms with Gasteiger partial charge in [-0.1, -0.05) is 47.6 Å². The lowest BCUT2D eigenvalue weighted by Crippen LogP contribution is -2.38. The van der Waals surface area contributed by atoms with E-state index in [0.29, 0.717) is 5.56 Å². The molecule has 0 aliphatic rings. The van der Waals surface area contributed by atoms with Gasteiger partial charge in [0.05, 0.1) is 11.8 Å². The van der Waals surface area contributed by atoms with E-state index in [4.69, 9.17) is 24.7 Å². The Labute approximate surface area is 231 Å². The van der Waals surface area contributed by atoms with E-state index in [0.717, 1.165) is 0 Å². The molecule has 39 heavy (non-hydrogen) atoms. The number of hydrogen-bond donors (Lipinski definition) is 2. The number of ether oxygens (including phenoxy) is 4. The normalized spacial score (nSPS) is 15.6. The standard InChI is InChI=1S/C29H45NO9/c1-15(2)18(6)26(33)37-22-12-11-20(14-23(22)38-27(34)19(7)16(3)4)21(24(30)25(31)32)13-17(5)36-28(35)39-29(8,9)10/h11-12,14-19,21,24H,13,30H2,1-10H3,(H,31,32)/t17?,18?,19?,21?,24-/m0/s1. The zero-order valence-electron chi connectivity index (χ0n) is 24.8. The third-order valence-corrected chi connectivity index (χ3v) is 6.55. The minimum Gasteiger partial charge on any atom is -0.480 e. The van der Waals surface area contributed by atoms with Gasteiger partial charge >= 0.3 is 24.1 Å². The lowest BCUT2D eigenvalue weighted by molar-refractivity contribution is -0.142. The molecule has 0 saturated carbocycles. The van der Waals surface area contributed by atoms with Crippen LogP contribution in [0.5, 0.6) is 11.5 Å². The summed E-state index contributed by atoms with van der Waals surface area (Å²) in [6.07, 6.45) is -1.62. The van der Waals surface area contributed by atoms with Crippen LogP contribution in [-0.2, 0) is 23.9 Å². The molecular weight excluding hydrogens is 506 g/mol. The number of carboxylic acids is 1. The van der Waals surface area contributed by atoms with Crippen LogP contribution in [0.25, 0.3) is 0 Å². The summed E-state index contributed by atoms with van der Waals surface area (Å²) in [6.45, 7) is 17.7. The van der Waals surface area contributed by atoms with E-state index in [1.807, 2.05) is 27.7 Å². The largest absolute Gasteiger partial charge is 0.509 e. The maximum atomic E-state index is 12.8. The van der Waals surface area contributed by atoms with Crippen molar-refractivity contribution >= 4 is 24.1 Å². The number of carbonyl (C=O) groups excluding carboxylic acids is 3. The van der Waals surface area contributed by atoms with Crippen molar-refractivity contribution in [1.29, 1.82) is 0 Å². The molecule has 10 heteroatoms. The lowest BCUT2D eigenvalue weighted by Gasteiger charge is -2.26. The van der Waals surface area contributed by atoms with Crippen molar-refractivity contribution in [2.24, 2.45) is 29.4 Å². The molecule has 0 amide bonds. The summed E-state index contributed by atoms with van der Waals surface area (Å²) in [5, 5.41) is 9.68. The average Bonchev–Trinajstić information content (AvgIpc) is 2.80. The molecule has 0 fully saturated rings. The van der Waals surface area contributed by atoms with Crippen molar-refractivity contribution in [1.82, 2.24) is 0 Å². The molecule has 0 heterocycles. The van der Waals surface area contributed by atoms with Crippen LogP contribution >= 0.6 is 0 Å². The second-order valence-corrected chi connectivity index (χ2v) is 11.7. The number of esters is 2. The van der Waals surface area contributed by atoms with Crippen LogP contribution in [0.15, 0.2) is 18.2 Å². The molecule has 1 aromatic carbocycles. The summed E-state index contributed by atoms with van der Waals surface area (Å²) in [4.78, 5) is 49.5. The van der Waals surface area contributed by atoms with Crippen LogP contribution in [-0.4, -0.2) is 46.9 Å². The Bertz CT molecular complexity index is 1010. The number of carboxylic acid groups (broad SMARTS) is 1. The minimum atomic E-state index is -1.37. The molecule has 0 bridgehead atoms. The molecular formula is C29H45NO9. The number of aliphatic carboxylic acids is 1. The molecule has 10 nitrogen and oxygen atoms in total. The fourth-order valence-corrected chi connectivity index (χ4v) is 3.37. The highest BCUT2D eigenvalue weighted by molar-refractivity contribution is 5.79. The van der Waals surface area contributed by atoms with Crippen molar-refractivity contribution in [2.45, 2.75) is 99.3 Å². The number of nitrogens with two attached hydrogens (primary N) is 1. The first-order chi connectivity index (χ1) is 17.8. The van der Waals surface area contributed by atoms with E-state index in [2.05, 4.69) is 0 Å². The molecule has 0 aromatic heterocycles. The van der Waals surface area contributed by atoms with Crippen molar-refractivity contribution in [3.05, 3.63) is 23.8 Å². The number of rotatable bonds is 12. The Kier molecular flexibility index (Phi) is 12.4. The minimum absolute atomic E-state index is 0.00770. The van der Waals surface area contributed by atoms with Crippen LogP contribution < -0.4 is 15.2 Å². The fourth-order valence-electron chi connectivity index (χ4n) is 3.37. The van der Waals surface area contributed by atoms with Gasteiger partial charge in [-0.25, -0.2) is 4.79 Å². The summed E-state index contributed by atoms with van der Waals surface area (Å²) < 4.78 is 21.7. The summed E-state index contributed by atoms with van der Waals surface area (Å²) in [6, 6.07) is 3.08. The smallest absolute Gasteiger partial charge is 0.480 e. The van der Waals surface area contributed by atoms with Gasteiger partial charge in [-0.15, -0.1) is 0 Å². The Balaban J connectivity index is 3.43. The van der Waals surface area contributed by atoms with E-state index in [1.54, 1.807) is 47.6 Å². The highest BCUT2D eigenvalue weighted by Crippen LogP contribution is 2.36. The SMILES string of the molecule is CC(CC(c1ccc(OC(=O)C(C)C(C)C)c(OC(=O)C(C)C(C)C)c1)[C@H](N)C(=O)O)OC(=O)OC(C)(C)C. The fraction of sp³-hybridized carbons (Fsp3) is 0.655. The number of hydrogen-bond acceptors (Lipinski definition) is 9. The maximum Gasteiger partial charge on any atom is 0.509 e. The van der Waals surface area contributed by atoms with Crippen LogP contribution in [0.2, 0.25) is 0 Å². The Morgan fingerprint density at radius 3 is 1.77 bits per heavy atom. The van der Waals surface area contributed by atoms with Gasteiger partial charge in [-0.05, 0) is 63.6 Å². The lowest BCUT2D eigenvalue weighted by atomic mass is 9.87. The zero-order valence-corrected chi connectivity index (χ0v) is 24.8. The van der Waals surface area contributed by atoms with Crippen molar-refractivity contribution in [3.8, 4) is 11.5 Å². The van der Waals surface area contributed by atoms with Gasteiger partial charge < -0.3 is 29.8 Å². The predicted molar refractivity (Wildman–Crippen MR) is 145 cm³/mol. The van der Waals surface area contributed by atoms with Gasteiger partial charge in [0.1, 0.15) is 17.7 Å². The Hall–Kier alpha value is -3.14. The van der Waals surface area contributed by atoms with Crippen LogP contribution in [0.4, 0.5) is 4.79 Å². The van der Waals surface area contributed by atoms with E-state index in [9.17, 15) is 24.3 Å². The van der Waals surface area contributed by atoms with E-state index in [-0.39, 0.29) is 29.8 Å². The van der Waals surface area contributed by atoms with Crippen molar-refractivity contribution in [2.75, 3.05) is 0 Å². The van der Waals surface area contributed by atoms with Gasteiger partial charge in [-0.3, -0.25) is 14.4 Å². The quantitative estimate of drug-likeness (QED) is 0.258. The van der Waals surface area contributed by atoms with Crippen LogP contribution in [0.1, 0.15) is 87.1 Å². The summed E-state index contributed by atoms with van der Waals surface area (Å²) in [5.41, 5.74) is 5.68. The van der Waals surface area contributed by atoms with Gasteiger partial charge in [0.2, 0.25) is 0 Å². The summed E-state index contributed by atoms with van der Waals surface area (Å²) >= 11 is 0. The molecule has 220 valence electrons. The van der Waals surface area contributed by atoms with E-state index < -0.39 is 59.6 Å². The molecule has 0 aliphatic carbocycles. The first-order valence-corrected chi connectivity index (χ1v) is 13.3. The van der Waals surface area contributed by atoms with E-state index in [1.165, 1.54) is 12.1 Å². The monoisotopic (exact) mass is 551 g/mol.